The fourth-order valence-electron chi connectivity index (χ4n) is 2.93. The first-order valence-electron chi connectivity index (χ1n) is 7.40. The maximum Gasteiger partial charge on any atom is 0.203 e. The molecule has 4 heteroatoms. The van der Waals surface area contributed by atoms with Gasteiger partial charge in [0.15, 0.2) is 0 Å². The Morgan fingerprint density at radius 3 is 2.71 bits per heavy atom. The first-order valence-corrected chi connectivity index (χ1v) is 7.40. The lowest BCUT2D eigenvalue weighted by atomic mass is 10.2. The molecule has 3 aromatic rings. The zero-order valence-electron chi connectivity index (χ0n) is 11.8. The number of H-pyrrole nitrogens is 1. The van der Waals surface area contributed by atoms with Crippen molar-refractivity contribution in [3.05, 3.63) is 54.6 Å². The summed E-state index contributed by atoms with van der Waals surface area (Å²) in [6, 6.07) is 19.1. The Balaban J connectivity index is 1.48. The van der Waals surface area contributed by atoms with Crippen LogP contribution in [-0.4, -0.2) is 29.1 Å². The molecule has 0 aliphatic carbocycles. The summed E-state index contributed by atoms with van der Waals surface area (Å²) in [7, 11) is 0. The first-order chi connectivity index (χ1) is 10.4. The molecule has 0 radical (unpaired) electrons. The lowest BCUT2D eigenvalue weighted by Crippen LogP contribution is -2.26. The van der Waals surface area contributed by atoms with E-state index in [9.17, 15) is 0 Å². The van der Waals surface area contributed by atoms with E-state index < -0.39 is 0 Å². The lowest BCUT2D eigenvalue weighted by molar-refractivity contribution is 0.805. The molecule has 4 rings (SSSR count). The number of hydrogen-bond donors (Lipinski definition) is 2. The normalized spacial score (nSPS) is 18.3. The molecular weight excluding hydrogens is 260 g/mol. The van der Waals surface area contributed by atoms with Gasteiger partial charge < -0.3 is 15.2 Å². The third kappa shape index (κ3) is 2.44. The van der Waals surface area contributed by atoms with Gasteiger partial charge in [0, 0.05) is 24.8 Å². The minimum atomic E-state index is 0.473. The van der Waals surface area contributed by atoms with E-state index in [1.54, 1.807) is 0 Å². The molecule has 1 atom stereocenters. The van der Waals surface area contributed by atoms with Crippen molar-refractivity contribution < 1.29 is 0 Å². The molecule has 1 saturated heterocycles. The largest absolute Gasteiger partial charge is 0.380 e. The fraction of sp³-hybridized carbons (Fsp3) is 0.235. The van der Waals surface area contributed by atoms with Crippen LogP contribution in [0, 0.1) is 0 Å². The van der Waals surface area contributed by atoms with E-state index in [-0.39, 0.29) is 0 Å². The molecule has 0 spiro atoms. The summed E-state index contributed by atoms with van der Waals surface area (Å²) in [6.45, 7) is 2.01. The average Bonchev–Trinajstić information content (AvgIpc) is 3.14. The molecule has 1 aromatic heterocycles. The predicted molar refractivity (Wildman–Crippen MR) is 86.8 cm³/mol. The van der Waals surface area contributed by atoms with Crippen molar-refractivity contribution in [2.45, 2.75) is 12.5 Å². The summed E-state index contributed by atoms with van der Waals surface area (Å²) in [5.74, 6) is 0.980. The summed E-state index contributed by atoms with van der Waals surface area (Å²) < 4.78 is 0. The van der Waals surface area contributed by atoms with Crippen molar-refractivity contribution in [3.63, 3.8) is 0 Å². The Bertz CT molecular complexity index is 702. The van der Waals surface area contributed by atoms with Crippen LogP contribution in [0.2, 0.25) is 0 Å². The van der Waals surface area contributed by atoms with Crippen molar-refractivity contribution >= 4 is 22.7 Å². The Hall–Kier alpha value is -2.49. The number of nitrogens with zero attached hydrogens (tertiary/aromatic N) is 2. The summed E-state index contributed by atoms with van der Waals surface area (Å²) in [5.41, 5.74) is 3.33. The van der Waals surface area contributed by atoms with E-state index in [0.717, 1.165) is 36.5 Å². The van der Waals surface area contributed by atoms with Gasteiger partial charge in [0.05, 0.1) is 11.0 Å². The molecule has 1 fully saturated rings. The number of imidazole rings is 1. The van der Waals surface area contributed by atoms with Crippen molar-refractivity contribution in [3.8, 4) is 0 Å². The van der Waals surface area contributed by atoms with E-state index in [4.69, 9.17) is 0 Å². The predicted octanol–water partition coefficient (Wildman–Crippen LogP) is 3.25. The highest BCUT2D eigenvalue weighted by Gasteiger charge is 2.24. The van der Waals surface area contributed by atoms with Gasteiger partial charge in [0.25, 0.3) is 0 Å². The Kier molecular flexibility index (Phi) is 2.99. The zero-order chi connectivity index (χ0) is 14.1. The number of hydrogen-bond acceptors (Lipinski definition) is 3. The van der Waals surface area contributed by atoms with Gasteiger partial charge in [-0.25, -0.2) is 4.98 Å². The third-order valence-corrected chi connectivity index (χ3v) is 4.01. The molecule has 2 heterocycles. The maximum atomic E-state index is 4.68. The third-order valence-electron chi connectivity index (χ3n) is 4.01. The van der Waals surface area contributed by atoms with Crippen LogP contribution < -0.4 is 10.2 Å². The van der Waals surface area contributed by atoms with Crippen LogP contribution in [0.5, 0.6) is 0 Å². The van der Waals surface area contributed by atoms with Crippen molar-refractivity contribution in [1.82, 2.24) is 9.97 Å². The summed E-state index contributed by atoms with van der Waals surface area (Å²) in [6.07, 6.45) is 1.13. The van der Waals surface area contributed by atoms with Gasteiger partial charge in [0.2, 0.25) is 5.95 Å². The van der Waals surface area contributed by atoms with Gasteiger partial charge in [-0.3, -0.25) is 0 Å². The highest BCUT2D eigenvalue weighted by Crippen LogP contribution is 2.22. The molecule has 0 saturated carbocycles. The standard InChI is InChI=1S/C17H18N4/c1-2-6-13(7-3-1)18-14-10-11-21(12-14)17-19-15-8-4-5-9-16(15)20-17/h1-9,14,18H,10-12H2,(H,19,20). The molecule has 2 aromatic carbocycles. The number of rotatable bonds is 3. The first kappa shape index (κ1) is 12.3. The van der Waals surface area contributed by atoms with E-state index in [1.165, 1.54) is 5.69 Å². The van der Waals surface area contributed by atoms with Gasteiger partial charge in [-0.1, -0.05) is 30.3 Å². The Morgan fingerprint density at radius 1 is 1.05 bits per heavy atom. The number of benzene rings is 2. The Labute approximate surface area is 123 Å². The van der Waals surface area contributed by atoms with Crippen molar-refractivity contribution in [1.29, 1.82) is 0 Å². The Morgan fingerprint density at radius 2 is 1.86 bits per heavy atom. The molecule has 1 unspecified atom stereocenters. The van der Waals surface area contributed by atoms with E-state index in [1.807, 2.05) is 24.3 Å². The average molecular weight is 278 g/mol. The van der Waals surface area contributed by atoms with Gasteiger partial charge >= 0.3 is 0 Å². The second-order valence-corrected chi connectivity index (χ2v) is 5.52. The second kappa shape index (κ2) is 5.13. The summed E-state index contributed by atoms with van der Waals surface area (Å²) in [5, 5.41) is 3.59. The number of anilines is 2. The quantitative estimate of drug-likeness (QED) is 0.773. The van der Waals surface area contributed by atoms with Crippen LogP contribution in [-0.2, 0) is 0 Å². The minimum absolute atomic E-state index is 0.473. The molecule has 1 aliphatic heterocycles. The molecule has 2 N–H and O–H groups in total. The second-order valence-electron chi connectivity index (χ2n) is 5.52. The molecule has 0 bridgehead atoms. The highest BCUT2D eigenvalue weighted by atomic mass is 15.3. The van der Waals surface area contributed by atoms with E-state index >= 15 is 0 Å². The van der Waals surface area contributed by atoms with E-state index in [0.29, 0.717) is 6.04 Å². The molecule has 1 aliphatic rings. The SMILES string of the molecule is c1ccc(NC2CCN(c3nc4ccccc4[nH]3)C2)cc1. The van der Waals surface area contributed by atoms with Crippen LogP contribution in [0.4, 0.5) is 11.6 Å². The van der Waals surface area contributed by atoms with Gasteiger partial charge in [-0.15, -0.1) is 0 Å². The minimum Gasteiger partial charge on any atom is -0.380 e. The molecular formula is C17H18N4. The number of aromatic amines is 1. The fourth-order valence-corrected chi connectivity index (χ4v) is 2.93. The van der Waals surface area contributed by atoms with Crippen molar-refractivity contribution in [2.24, 2.45) is 0 Å². The van der Waals surface area contributed by atoms with Crippen molar-refractivity contribution in [2.75, 3.05) is 23.3 Å². The molecule has 106 valence electrons. The van der Waals surface area contributed by atoms with Gasteiger partial charge in [0.1, 0.15) is 0 Å². The molecule has 0 amide bonds. The smallest absolute Gasteiger partial charge is 0.203 e. The zero-order valence-corrected chi connectivity index (χ0v) is 11.8. The number of aromatic nitrogens is 2. The van der Waals surface area contributed by atoms with E-state index in [2.05, 4.69) is 50.5 Å². The number of para-hydroxylation sites is 3. The number of fused-ring (bicyclic) bond motifs is 1. The molecule has 21 heavy (non-hydrogen) atoms. The van der Waals surface area contributed by atoms with Crippen LogP contribution in [0.1, 0.15) is 6.42 Å². The highest BCUT2D eigenvalue weighted by molar-refractivity contribution is 5.77. The summed E-state index contributed by atoms with van der Waals surface area (Å²) >= 11 is 0. The van der Waals surface area contributed by atoms with Crippen LogP contribution in [0.15, 0.2) is 54.6 Å². The monoisotopic (exact) mass is 278 g/mol. The van der Waals surface area contributed by atoms with Gasteiger partial charge in [-0.05, 0) is 30.7 Å². The molecule has 4 nitrogen and oxygen atoms in total. The van der Waals surface area contributed by atoms with Gasteiger partial charge in [-0.2, -0.15) is 0 Å². The summed E-state index contributed by atoms with van der Waals surface area (Å²) in [4.78, 5) is 10.4. The maximum absolute atomic E-state index is 4.68. The van der Waals surface area contributed by atoms with Crippen LogP contribution in [0.3, 0.4) is 0 Å². The topological polar surface area (TPSA) is 44.0 Å². The number of nitrogens with one attached hydrogen (secondary N) is 2. The van der Waals surface area contributed by atoms with Crippen LogP contribution >= 0.6 is 0 Å². The lowest BCUT2D eigenvalue weighted by Gasteiger charge is -2.16. The van der Waals surface area contributed by atoms with Crippen LogP contribution in [0.25, 0.3) is 11.0 Å².